The van der Waals surface area contributed by atoms with Crippen LogP contribution in [0, 0.1) is 6.92 Å². The van der Waals surface area contributed by atoms with Gasteiger partial charge in [-0.05, 0) is 55.3 Å². The minimum Gasteiger partial charge on any atom is -0.379 e. The van der Waals surface area contributed by atoms with E-state index in [1.54, 1.807) is 17.0 Å². The SMILES string of the molecule is Cc1ccc2nc(N(CCCN3CCOCC3)C(=O)c3ccc(S(=O)(=O)N4CCOCC4)cc3)sc2c1. The minimum atomic E-state index is -3.62. The number of sulfonamides is 1. The van der Waals surface area contributed by atoms with Gasteiger partial charge in [0.2, 0.25) is 10.0 Å². The van der Waals surface area contributed by atoms with E-state index in [1.807, 2.05) is 19.1 Å². The molecule has 9 nitrogen and oxygen atoms in total. The van der Waals surface area contributed by atoms with Crippen LogP contribution >= 0.6 is 11.3 Å². The summed E-state index contributed by atoms with van der Waals surface area (Å²) in [5.74, 6) is -0.187. The maximum absolute atomic E-state index is 13.7. The van der Waals surface area contributed by atoms with E-state index in [0.29, 0.717) is 43.5 Å². The van der Waals surface area contributed by atoms with Crippen molar-refractivity contribution >= 4 is 42.6 Å². The molecule has 0 aliphatic carbocycles. The smallest absolute Gasteiger partial charge is 0.260 e. The molecule has 0 radical (unpaired) electrons. The van der Waals surface area contributed by atoms with Crippen molar-refractivity contribution in [2.45, 2.75) is 18.2 Å². The zero-order valence-corrected chi connectivity index (χ0v) is 22.6. The third-order valence-electron chi connectivity index (χ3n) is 6.68. The first kappa shape index (κ1) is 26.2. The second-order valence-corrected chi connectivity index (χ2v) is 12.2. The summed E-state index contributed by atoms with van der Waals surface area (Å²) < 4.78 is 39.2. The molecule has 0 atom stereocenters. The summed E-state index contributed by atoms with van der Waals surface area (Å²) in [6, 6.07) is 12.3. The predicted molar refractivity (Wildman–Crippen MR) is 144 cm³/mol. The summed E-state index contributed by atoms with van der Waals surface area (Å²) in [4.78, 5) is 22.7. The molecule has 2 fully saturated rings. The number of anilines is 1. The zero-order chi connectivity index (χ0) is 25.8. The highest BCUT2D eigenvalue weighted by Gasteiger charge is 2.27. The minimum absolute atomic E-state index is 0.181. The van der Waals surface area contributed by atoms with E-state index in [9.17, 15) is 13.2 Å². The lowest BCUT2D eigenvalue weighted by atomic mass is 10.2. The molecule has 2 aromatic carbocycles. The Balaban J connectivity index is 1.37. The lowest BCUT2D eigenvalue weighted by Crippen LogP contribution is -2.40. The van der Waals surface area contributed by atoms with E-state index in [4.69, 9.17) is 14.5 Å². The summed E-state index contributed by atoms with van der Waals surface area (Å²) >= 11 is 1.50. The molecule has 0 saturated carbocycles. The van der Waals surface area contributed by atoms with Crippen molar-refractivity contribution in [2.75, 3.05) is 70.6 Å². The maximum Gasteiger partial charge on any atom is 0.260 e. The maximum atomic E-state index is 13.7. The van der Waals surface area contributed by atoms with Crippen LogP contribution in [0.2, 0.25) is 0 Å². The average Bonchev–Trinajstić information content (AvgIpc) is 3.34. The molecule has 37 heavy (non-hydrogen) atoms. The molecule has 1 aromatic heterocycles. The Bertz CT molecular complexity index is 1330. The molecule has 5 rings (SSSR count). The van der Waals surface area contributed by atoms with Crippen molar-refractivity contribution in [2.24, 2.45) is 0 Å². The number of carbonyl (C=O) groups excluding carboxylic acids is 1. The quantitative estimate of drug-likeness (QED) is 0.431. The Morgan fingerprint density at radius 3 is 2.38 bits per heavy atom. The molecule has 2 aliphatic rings. The van der Waals surface area contributed by atoms with Gasteiger partial charge in [0.1, 0.15) is 0 Å². The lowest BCUT2D eigenvalue weighted by Gasteiger charge is -2.28. The number of nitrogens with zero attached hydrogens (tertiary/aromatic N) is 4. The fourth-order valence-corrected chi connectivity index (χ4v) is 7.05. The van der Waals surface area contributed by atoms with Gasteiger partial charge in [-0.3, -0.25) is 14.6 Å². The van der Waals surface area contributed by atoms with Crippen LogP contribution in [0.4, 0.5) is 5.13 Å². The van der Waals surface area contributed by atoms with Crippen molar-refractivity contribution in [3.63, 3.8) is 0 Å². The van der Waals surface area contributed by atoms with Crippen molar-refractivity contribution in [1.29, 1.82) is 0 Å². The Hall–Kier alpha value is -2.41. The highest BCUT2D eigenvalue weighted by Crippen LogP contribution is 2.31. The van der Waals surface area contributed by atoms with Crippen LogP contribution < -0.4 is 4.90 Å². The second-order valence-electron chi connectivity index (χ2n) is 9.27. The standard InChI is InChI=1S/C26H32N4O5S2/c1-20-3-8-23-24(19-20)36-26(27-23)30(10-2-9-28-11-15-34-16-12-28)25(31)21-4-6-22(7-5-21)37(32,33)29-13-17-35-18-14-29/h3-8,19H,2,9-18H2,1H3. The number of aromatic nitrogens is 1. The largest absolute Gasteiger partial charge is 0.379 e. The highest BCUT2D eigenvalue weighted by molar-refractivity contribution is 7.89. The van der Waals surface area contributed by atoms with Crippen LogP contribution in [0.15, 0.2) is 47.4 Å². The number of benzene rings is 2. The van der Waals surface area contributed by atoms with Crippen molar-refractivity contribution in [3.8, 4) is 0 Å². The molecule has 2 saturated heterocycles. The van der Waals surface area contributed by atoms with Crippen LogP contribution in [0.5, 0.6) is 0 Å². The molecule has 1 amide bonds. The van der Waals surface area contributed by atoms with Gasteiger partial charge < -0.3 is 9.47 Å². The monoisotopic (exact) mass is 544 g/mol. The van der Waals surface area contributed by atoms with Crippen LogP contribution in [0.25, 0.3) is 10.2 Å². The van der Waals surface area contributed by atoms with Gasteiger partial charge >= 0.3 is 0 Å². The molecule has 198 valence electrons. The molecular formula is C26H32N4O5S2. The molecule has 0 N–H and O–H groups in total. The van der Waals surface area contributed by atoms with E-state index >= 15 is 0 Å². The van der Waals surface area contributed by atoms with Gasteiger partial charge in [-0.1, -0.05) is 17.4 Å². The number of rotatable bonds is 8. The third-order valence-corrected chi connectivity index (χ3v) is 9.63. The van der Waals surface area contributed by atoms with E-state index < -0.39 is 10.0 Å². The highest BCUT2D eigenvalue weighted by atomic mass is 32.2. The number of hydrogen-bond donors (Lipinski definition) is 0. The number of fused-ring (bicyclic) bond motifs is 1. The Morgan fingerprint density at radius 2 is 1.68 bits per heavy atom. The number of amides is 1. The van der Waals surface area contributed by atoms with Gasteiger partial charge in [0, 0.05) is 44.8 Å². The molecule has 11 heteroatoms. The predicted octanol–water partition coefficient (Wildman–Crippen LogP) is 2.99. The summed E-state index contributed by atoms with van der Waals surface area (Å²) in [5.41, 5.74) is 2.44. The Kier molecular flexibility index (Phi) is 8.18. The summed E-state index contributed by atoms with van der Waals surface area (Å²) in [7, 11) is -3.62. The van der Waals surface area contributed by atoms with Gasteiger partial charge in [-0.15, -0.1) is 0 Å². The molecule has 0 spiro atoms. The lowest BCUT2D eigenvalue weighted by molar-refractivity contribution is 0.0376. The molecule has 3 heterocycles. The van der Waals surface area contributed by atoms with Gasteiger partial charge in [-0.2, -0.15) is 4.31 Å². The van der Waals surface area contributed by atoms with Crippen molar-refractivity contribution in [1.82, 2.24) is 14.2 Å². The molecule has 3 aromatic rings. The Morgan fingerprint density at radius 1 is 1.00 bits per heavy atom. The number of ether oxygens (including phenoxy) is 2. The second kappa shape index (κ2) is 11.5. The third kappa shape index (κ3) is 6.02. The first-order valence-corrected chi connectivity index (χ1v) is 14.8. The van der Waals surface area contributed by atoms with Crippen molar-refractivity contribution in [3.05, 3.63) is 53.6 Å². The number of morpholine rings is 2. The van der Waals surface area contributed by atoms with Crippen molar-refractivity contribution < 1.29 is 22.7 Å². The zero-order valence-electron chi connectivity index (χ0n) is 21.0. The van der Waals surface area contributed by atoms with Crippen LogP contribution in [-0.4, -0.2) is 94.2 Å². The van der Waals surface area contributed by atoms with Gasteiger partial charge in [0.15, 0.2) is 5.13 Å². The van der Waals surface area contributed by atoms with Gasteiger partial charge in [0.25, 0.3) is 5.91 Å². The summed E-state index contributed by atoms with van der Waals surface area (Å²) in [5, 5.41) is 0.651. The number of hydrogen-bond acceptors (Lipinski definition) is 8. The molecule has 0 bridgehead atoms. The van der Waals surface area contributed by atoms with Gasteiger partial charge in [0.05, 0.1) is 41.5 Å². The van der Waals surface area contributed by atoms with Crippen LogP contribution in [0.3, 0.4) is 0 Å². The number of aryl methyl sites for hydroxylation is 1. The summed E-state index contributed by atoms with van der Waals surface area (Å²) in [6.45, 7) is 8.12. The normalized spacial score (nSPS) is 17.8. The average molecular weight is 545 g/mol. The fourth-order valence-electron chi connectivity index (χ4n) is 4.56. The fraction of sp³-hybridized carbons (Fsp3) is 0.462. The summed E-state index contributed by atoms with van der Waals surface area (Å²) in [6.07, 6.45) is 0.796. The number of carbonyl (C=O) groups is 1. The van der Waals surface area contributed by atoms with E-state index in [1.165, 1.54) is 27.8 Å². The van der Waals surface area contributed by atoms with Crippen LogP contribution in [-0.2, 0) is 19.5 Å². The Labute approximate surface area is 221 Å². The molecular weight excluding hydrogens is 512 g/mol. The number of thiazole rings is 1. The van der Waals surface area contributed by atoms with Crippen LogP contribution in [0.1, 0.15) is 22.3 Å². The molecule has 0 unspecified atom stereocenters. The van der Waals surface area contributed by atoms with E-state index in [0.717, 1.165) is 55.0 Å². The van der Waals surface area contributed by atoms with E-state index in [2.05, 4.69) is 11.0 Å². The first-order chi connectivity index (χ1) is 17.9. The first-order valence-electron chi connectivity index (χ1n) is 12.6. The topological polar surface area (TPSA) is 92.3 Å². The van der Waals surface area contributed by atoms with Gasteiger partial charge in [-0.25, -0.2) is 13.4 Å². The van der Waals surface area contributed by atoms with E-state index in [-0.39, 0.29) is 10.8 Å². The molecule has 2 aliphatic heterocycles.